The second-order valence-electron chi connectivity index (χ2n) is 2.40. The van der Waals surface area contributed by atoms with E-state index >= 15 is 0 Å². The van der Waals surface area contributed by atoms with E-state index in [4.69, 9.17) is 14.9 Å². The number of aliphatic carboxylic acids is 1. The first-order chi connectivity index (χ1) is 5.33. The first kappa shape index (κ1) is 11.4. The van der Waals surface area contributed by atoms with E-state index in [9.17, 15) is 9.36 Å². The van der Waals surface area contributed by atoms with Gasteiger partial charge in [0, 0.05) is 5.57 Å². The highest BCUT2D eigenvalue weighted by molar-refractivity contribution is 7.51. The molecule has 0 saturated heterocycles. The summed E-state index contributed by atoms with van der Waals surface area (Å²) in [6.45, 7) is 3.22. The molecule has 12 heavy (non-hydrogen) atoms. The molecule has 0 saturated carbocycles. The molecule has 0 amide bonds. The third kappa shape index (κ3) is 6.09. The van der Waals surface area contributed by atoms with Crippen LogP contribution >= 0.6 is 7.60 Å². The number of carbonyl (C=O) groups is 1. The molecular weight excluding hydrogens is 183 g/mol. The third-order valence-electron chi connectivity index (χ3n) is 1.23. The maximum absolute atomic E-state index is 10.3. The highest BCUT2D eigenvalue weighted by atomic mass is 31.2. The number of rotatable bonds is 5. The van der Waals surface area contributed by atoms with Gasteiger partial charge < -0.3 is 14.9 Å². The van der Waals surface area contributed by atoms with Crippen LogP contribution in [0.3, 0.4) is 0 Å². The Bertz CT molecular complexity index is 228. The van der Waals surface area contributed by atoms with Crippen molar-refractivity contribution in [1.29, 1.82) is 0 Å². The zero-order chi connectivity index (χ0) is 9.78. The molecule has 0 aromatic heterocycles. The molecule has 0 atom stereocenters. The lowest BCUT2D eigenvalue weighted by molar-refractivity contribution is -0.132. The molecule has 0 unspecified atom stereocenters. The summed E-state index contributed by atoms with van der Waals surface area (Å²) in [5, 5.41) is 8.32. The number of hydrogen-bond donors (Lipinski definition) is 3. The monoisotopic (exact) mass is 194 g/mol. The second kappa shape index (κ2) is 4.40. The molecule has 0 radical (unpaired) electrons. The molecule has 0 rings (SSSR count). The molecule has 0 fully saturated rings. The minimum absolute atomic E-state index is 0.0246. The summed E-state index contributed by atoms with van der Waals surface area (Å²) in [5.74, 6) is -1.12. The van der Waals surface area contributed by atoms with Crippen LogP contribution in [-0.2, 0) is 9.36 Å². The molecule has 0 aliphatic carbocycles. The molecule has 0 spiro atoms. The van der Waals surface area contributed by atoms with Gasteiger partial charge in [-0.1, -0.05) is 6.58 Å². The zero-order valence-corrected chi connectivity index (χ0v) is 7.33. The Morgan fingerprint density at radius 1 is 1.42 bits per heavy atom. The fourth-order valence-corrected chi connectivity index (χ4v) is 1.18. The highest BCUT2D eigenvalue weighted by Crippen LogP contribution is 2.35. The van der Waals surface area contributed by atoms with Gasteiger partial charge in [0.05, 0.1) is 6.16 Å². The van der Waals surface area contributed by atoms with E-state index < -0.39 is 13.6 Å². The lowest BCUT2D eigenvalue weighted by Gasteiger charge is -2.02. The van der Waals surface area contributed by atoms with Crippen molar-refractivity contribution in [3.05, 3.63) is 12.2 Å². The fourth-order valence-electron chi connectivity index (χ4n) is 0.605. The molecule has 0 aromatic rings. The van der Waals surface area contributed by atoms with Crippen molar-refractivity contribution in [2.45, 2.75) is 12.8 Å². The maximum Gasteiger partial charge on any atom is 0.330 e. The Kier molecular flexibility index (Phi) is 4.17. The zero-order valence-electron chi connectivity index (χ0n) is 6.43. The molecule has 5 nitrogen and oxygen atoms in total. The first-order valence-corrected chi connectivity index (χ1v) is 5.08. The van der Waals surface area contributed by atoms with Crippen LogP contribution in [0.25, 0.3) is 0 Å². The van der Waals surface area contributed by atoms with Crippen LogP contribution in [0.2, 0.25) is 0 Å². The van der Waals surface area contributed by atoms with Gasteiger partial charge in [0.25, 0.3) is 0 Å². The van der Waals surface area contributed by atoms with Crippen LogP contribution in [0.5, 0.6) is 0 Å². The van der Waals surface area contributed by atoms with Crippen molar-refractivity contribution in [3.8, 4) is 0 Å². The van der Waals surface area contributed by atoms with Gasteiger partial charge in [-0.25, -0.2) is 4.79 Å². The number of carboxylic acid groups (broad SMARTS) is 1. The maximum atomic E-state index is 10.3. The van der Waals surface area contributed by atoms with Crippen molar-refractivity contribution in [3.63, 3.8) is 0 Å². The van der Waals surface area contributed by atoms with Gasteiger partial charge in [-0.05, 0) is 12.8 Å². The van der Waals surface area contributed by atoms with E-state index in [2.05, 4.69) is 6.58 Å². The van der Waals surface area contributed by atoms with E-state index in [0.717, 1.165) is 0 Å². The smallest absolute Gasteiger partial charge is 0.330 e. The van der Waals surface area contributed by atoms with E-state index in [0.29, 0.717) is 0 Å². The summed E-state index contributed by atoms with van der Waals surface area (Å²) >= 11 is 0. The Morgan fingerprint density at radius 3 is 2.25 bits per heavy atom. The van der Waals surface area contributed by atoms with Gasteiger partial charge in [-0.3, -0.25) is 4.57 Å². The van der Waals surface area contributed by atoms with Crippen molar-refractivity contribution >= 4 is 13.6 Å². The van der Waals surface area contributed by atoms with Crippen molar-refractivity contribution in [2.24, 2.45) is 0 Å². The quantitative estimate of drug-likeness (QED) is 0.439. The standard InChI is InChI=1S/C6H11O5P/c1-5(6(7)8)3-2-4-12(9,10)11/h1-4H2,(H,7,8)(H2,9,10,11). The average molecular weight is 194 g/mol. The molecule has 0 aromatic carbocycles. The molecule has 70 valence electrons. The lowest BCUT2D eigenvalue weighted by atomic mass is 10.2. The summed E-state index contributed by atoms with van der Waals surface area (Å²) in [6, 6.07) is 0. The summed E-state index contributed by atoms with van der Waals surface area (Å²) in [5.41, 5.74) is -0.0246. The van der Waals surface area contributed by atoms with E-state index in [1.165, 1.54) is 0 Å². The van der Waals surface area contributed by atoms with Crippen molar-refractivity contribution in [2.75, 3.05) is 6.16 Å². The Morgan fingerprint density at radius 2 is 1.92 bits per heavy atom. The summed E-state index contributed by atoms with van der Waals surface area (Å²) in [6.07, 6.45) is -0.0326. The molecule has 6 heteroatoms. The second-order valence-corrected chi connectivity index (χ2v) is 4.18. The van der Waals surface area contributed by atoms with Gasteiger partial charge in [-0.2, -0.15) is 0 Å². The third-order valence-corrected chi connectivity index (χ3v) is 2.13. The van der Waals surface area contributed by atoms with E-state index in [-0.39, 0.29) is 24.6 Å². The van der Waals surface area contributed by atoms with E-state index in [1.54, 1.807) is 0 Å². The van der Waals surface area contributed by atoms with Gasteiger partial charge in [0.1, 0.15) is 0 Å². The normalized spacial score (nSPS) is 11.2. The topological polar surface area (TPSA) is 94.8 Å². The predicted molar refractivity (Wildman–Crippen MR) is 42.9 cm³/mol. The van der Waals surface area contributed by atoms with Crippen LogP contribution < -0.4 is 0 Å². The Hall–Kier alpha value is -0.640. The minimum Gasteiger partial charge on any atom is -0.478 e. The molecule has 0 aliphatic rings. The Labute approximate surface area is 69.9 Å². The van der Waals surface area contributed by atoms with Gasteiger partial charge in [0.2, 0.25) is 0 Å². The minimum atomic E-state index is -3.99. The highest BCUT2D eigenvalue weighted by Gasteiger charge is 2.13. The number of carboxylic acids is 1. The molecule has 3 N–H and O–H groups in total. The lowest BCUT2D eigenvalue weighted by Crippen LogP contribution is -2.00. The molecular formula is C6H11O5P. The molecule has 0 bridgehead atoms. The van der Waals surface area contributed by atoms with Crippen LogP contribution in [0.4, 0.5) is 0 Å². The summed E-state index contributed by atoms with van der Waals surface area (Å²) in [4.78, 5) is 27.0. The average Bonchev–Trinajstić information content (AvgIpc) is 1.84. The van der Waals surface area contributed by atoms with Crippen LogP contribution in [0, 0.1) is 0 Å². The molecule has 0 aliphatic heterocycles. The van der Waals surface area contributed by atoms with Gasteiger partial charge in [0.15, 0.2) is 0 Å². The SMILES string of the molecule is C=C(CCCP(=O)(O)O)C(=O)O. The van der Waals surface area contributed by atoms with Crippen LogP contribution in [0.1, 0.15) is 12.8 Å². The van der Waals surface area contributed by atoms with Crippen molar-refractivity contribution < 1.29 is 24.3 Å². The predicted octanol–water partition coefficient (Wildman–Crippen LogP) is 0.585. The van der Waals surface area contributed by atoms with Gasteiger partial charge in [-0.15, -0.1) is 0 Å². The van der Waals surface area contributed by atoms with Crippen molar-refractivity contribution in [1.82, 2.24) is 0 Å². The van der Waals surface area contributed by atoms with Gasteiger partial charge >= 0.3 is 13.6 Å². The first-order valence-electron chi connectivity index (χ1n) is 3.28. The summed E-state index contributed by atoms with van der Waals surface area (Å²) in [7, 11) is -3.99. The van der Waals surface area contributed by atoms with E-state index in [1.807, 2.05) is 0 Å². The molecule has 0 heterocycles. The fraction of sp³-hybridized carbons (Fsp3) is 0.500. The van der Waals surface area contributed by atoms with Crippen LogP contribution in [0.15, 0.2) is 12.2 Å². The Balaban J connectivity index is 3.65. The summed E-state index contributed by atoms with van der Waals surface area (Å²) < 4.78 is 10.3. The van der Waals surface area contributed by atoms with Crippen LogP contribution in [-0.4, -0.2) is 27.0 Å². The number of hydrogen-bond acceptors (Lipinski definition) is 2. The largest absolute Gasteiger partial charge is 0.478 e.